The van der Waals surface area contributed by atoms with Crippen LogP contribution in [-0.4, -0.2) is 33.8 Å². The monoisotopic (exact) mass is 279 g/mol. The number of hydrogen-bond acceptors (Lipinski definition) is 4. The van der Waals surface area contributed by atoms with Gasteiger partial charge in [0.2, 0.25) is 17.7 Å². The molecule has 0 radical (unpaired) electrons. The molecule has 1 aliphatic rings. The van der Waals surface area contributed by atoms with E-state index in [0.29, 0.717) is 11.7 Å². The summed E-state index contributed by atoms with van der Waals surface area (Å²) in [6.45, 7) is 7.72. The topological polar surface area (TPSA) is 75.4 Å². The summed E-state index contributed by atoms with van der Waals surface area (Å²) in [6, 6.07) is -0.963. The van der Waals surface area contributed by atoms with E-state index < -0.39 is 12.1 Å². The summed E-state index contributed by atoms with van der Waals surface area (Å²) in [5.74, 6) is 1.06. The Labute approximate surface area is 118 Å². The molecule has 1 N–H and O–H groups in total. The van der Waals surface area contributed by atoms with E-state index in [4.69, 9.17) is 4.42 Å². The van der Waals surface area contributed by atoms with Crippen LogP contribution in [0.2, 0.25) is 0 Å². The number of aryl methyl sites for hydroxylation is 1. The van der Waals surface area contributed by atoms with Crippen molar-refractivity contribution in [2.75, 3.05) is 0 Å². The zero-order chi connectivity index (χ0) is 14.9. The first-order valence-electron chi connectivity index (χ1n) is 6.96. The maximum atomic E-state index is 12.5. The molecule has 6 nitrogen and oxygen atoms in total. The summed E-state index contributed by atoms with van der Waals surface area (Å²) in [5, 5.41) is 2.81. The minimum absolute atomic E-state index is 0.0673. The van der Waals surface area contributed by atoms with Crippen molar-refractivity contribution in [2.45, 2.75) is 52.7 Å². The van der Waals surface area contributed by atoms with Gasteiger partial charge in [0.15, 0.2) is 0 Å². The lowest BCUT2D eigenvalue weighted by molar-refractivity contribution is -0.151. The molecule has 1 aliphatic heterocycles. The summed E-state index contributed by atoms with van der Waals surface area (Å²) in [6.07, 6.45) is 2.44. The van der Waals surface area contributed by atoms with E-state index in [1.807, 2.05) is 13.8 Å². The van der Waals surface area contributed by atoms with E-state index in [9.17, 15) is 9.59 Å². The molecule has 0 aliphatic carbocycles. The molecule has 3 unspecified atom stereocenters. The van der Waals surface area contributed by atoms with Crippen molar-refractivity contribution in [1.82, 2.24) is 15.2 Å². The molecule has 0 saturated carbocycles. The number of piperazine rings is 1. The highest BCUT2D eigenvalue weighted by Crippen LogP contribution is 2.20. The van der Waals surface area contributed by atoms with Crippen LogP contribution in [-0.2, 0) is 16.1 Å². The maximum absolute atomic E-state index is 12.5. The SMILES string of the molecule is CCC(C)C1NC(=O)C(C)N(Cc2ncc(C)o2)C1=O. The van der Waals surface area contributed by atoms with E-state index in [1.54, 1.807) is 24.9 Å². The first-order chi connectivity index (χ1) is 9.43. The molecule has 110 valence electrons. The summed E-state index contributed by atoms with van der Waals surface area (Å²) in [4.78, 5) is 30.2. The number of nitrogens with zero attached hydrogens (tertiary/aromatic N) is 2. The van der Waals surface area contributed by atoms with Gasteiger partial charge < -0.3 is 14.6 Å². The Morgan fingerprint density at radius 3 is 2.75 bits per heavy atom. The molecule has 0 aromatic carbocycles. The van der Waals surface area contributed by atoms with E-state index in [2.05, 4.69) is 10.3 Å². The van der Waals surface area contributed by atoms with Crippen LogP contribution in [0.25, 0.3) is 0 Å². The zero-order valence-electron chi connectivity index (χ0n) is 12.3. The van der Waals surface area contributed by atoms with Gasteiger partial charge in [0.25, 0.3) is 0 Å². The van der Waals surface area contributed by atoms with Gasteiger partial charge in [0, 0.05) is 0 Å². The number of carbonyl (C=O) groups is 2. The normalized spacial score (nSPS) is 24.7. The van der Waals surface area contributed by atoms with Crippen LogP contribution in [0.4, 0.5) is 0 Å². The molecular weight excluding hydrogens is 258 g/mol. The second kappa shape index (κ2) is 5.64. The molecule has 0 bridgehead atoms. The van der Waals surface area contributed by atoms with E-state index in [-0.39, 0.29) is 24.3 Å². The van der Waals surface area contributed by atoms with Crippen LogP contribution in [0, 0.1) is 12.8 Å². The zero-order valence-corrected chi connectivity index (χ0v) is 12.3. The second-order valence-electron chi connectivity index (χ2n) is 5.38. The van der Waals surface area contributed by atoms with Gasteiger partial charge in [-0.1, -0.05) is 20.3 Å². The molecule has 1 aromatic rings. The predicted molar refractivity (Wildman–Crippen MR) is 72.6 cm³/mol. The summed E-state index contributed by atoms with van der Waals surface area (Å²) < 4.78 is 5.40. The highest BCUT2D eigenvalue weighted by molar-refractivity contribution is 5.96. The first-order valence-corrected chi connectivity index (χ1v) is 6.96. The third-order valence-corrected chi connectivity index (χ3v) is 3.88. The van der Waals surface area contributed by atoms with Crippen LogP contribution in [0.1, 0.15) is 38.8 Å². The largest absolute Gasteiger partial charge is 0.444 e. The van der Waals surface area contributed by atoms with Gasteiger partial charge in [0.1, 0.15) is 17.8 Å². The standard InChI is InChI=1S/C14H21N3O3/c1-5-8(2)12-14(19)17(10(4)13(18)16-12)7-11-15-6-9(3)20-11/h6,8,10,12H,5,7H2,1-4H3,(H,16,18). The third-order valence-electron chi connectivity index (χ3n) is 3.88. The minimum Gasteiger partial charge on any atom is -0.444 e. The second-order valence-corrected chi connectivity index (χ2v) is 5.38. The van der Waals surface area contributed by atoms with Gasteiger partial charge in [-0.3, -0.25) is 9.59 Å². The number of hydrogen-bond donors (Lipinski definition) is 1. The van der Waals surface area contributed by atoms with Gasteiger partial charge in [-0.15, -0.1) is 0 Å². The third kappa shape index (κ3) is 2.69. The lowest BCUT2D eigenvalue weighted by Crippen LogP contribution is -2.63. The summed E-state index contributed by atoms with van der Waals surface area (Å²) in [5.41, 5.74) is 0. The predicted octanol–water partition coefficient (Wildman–Crippen LogP) is 1.24. The average Bonchev–Trinajstić information content (AvgIpc) is 2.83. The molecule has 3 atom stereocenters. The van der Waals surface area contributed by atoms with E-state index in [1.165, 1.54) is 0 Å². The number of amides is 2. The van der Waals surface area contributed by atoms with Crippen molar-refractivity contribution in [3.63, 3.8) is 0 Å². The Morgan fingerprint density at radius 1 is 1.50 bits per heavy atom. The Morgan fingerprint density at radius 2 is 2.20 bits per heavy atom. The smallest absolute Gasteiger partial charge is 0.246 e. The fraction of sp³-hybridized carbons (Fsp3) is 0.643. The van der Waals surface area contributed by atoms with E-state index in [0.717, 1.165) is 6.42 Å². The molecule has 1 saturated heterocycles. The van der Waals surface area contributed by atoms with Gasteiger partial charge in [-0.2, -0.15) is 0 Å². The van der Waals surface area contributed by atoms with Crippen LogP contribution >= 0.6 is 0 Å². The Bertz CT molecular complexity index is 512. The molecule has 1 fully saturated rings. The highest BCUT2D eigenvalue weighted by atomic mass is 16.4. The molecule has 2 rings (SSSR count). The number of rotatable bonds is 4. The van der Waals surface area contributed by atoms with Gasteiger partial charge in [0.05, 0.1) is 12.7 Å². The molecule has 6 heteroatoms. The lowest BCUT2D eigenvalue weighted by atomic mass is 9.94. The number of aromatic nitrogens is 1. The van der Waals surface area contributed by atoms with Crippen molar-refractivity contribution in [1.29, 1.82) is 0 Å². The van der Waals surface area contributed by atoms with Crippen molar-refractivity contribution >= 4 is 11.8 Å². The van der Waals surface area contributed by atoms with E-state index >= 15 is 0 Å². The van der Waals surface area contributed by atoms with Crippen LogP contribution in [0.3, 0.4) is 0 Å². The number of oxazole rings is 1. The van der Waals surface area contributed by atoms with Crippen LogP contribution < -0.4 is 5.32 Å². The van der Waals surface area contributed by atoms with Crippen LogP contribution in [0.5, 0.6) is 0 Å². The molecule has 2 heterocycles. The van der Waals surface area contributed by atoms with Crippen molar-refractivity contribution < 1.29 is 14.0 Å². The maximum Gasteiger partial charge on any atom is 0.246 e. The van der Waals surface area contributed by atoms with Gasteiger partial charge >= 0.3 is 0 Å². The van der Waals surface area contributed by atoms with Crippen molar-refractivity contribution in [3.8, 4) is 0 Å². The minimum atomic E-state index is -0.505. The molecule has 1 aromatic heterocycles. The highest BCUT2D eigenvalue weighted by Gasteiger charge is 2.40. The van der Waals surface area contributed by atoms with Crippen LogP contribution in [0.15, 0.2) is 10.6 Å². The molecule has 20 heavy (non-hydrogen) atoms. The number of carbonyl (C=O) groups excluding carboxylic acids is 2. The summed E-state index contributed by atoms with van der Waals surface area (Å²) in [7, 11) is 0. The molecular formula is C14H21N3O3. The Balaban J connectivity index is 2.19. The number of nitrogens with one attached hydrogen (secondary N) is 1. The average molecular weight is 279 g/mol. The molecule has 0 spiro atoms. The molecule has 2 amide bonds. The van der Waals surface area contributed by atoms with Gasteiger partial charge in [-0.25, -0.2) is 4.98 Å². The first kappa shape index (κ1) is 14.6. The van der Waals surface area contributed by atoms with Crippen molar-refractivity contribution in [2.24, 2.45) is 5.92 Å². The Hall–Kier alpha value is -1.85. The quantitative estimate of drug-likeness (QED) is 0.900. The van der Waals surface area contributed by atoms with Crippen molar-refractivity contribution in [3.05, 3.63) is 17.8 Å². The fourth-order valence-corrected chi connectivity index (χ4v) is 2.30. The lowest BCUT2D eigenvalue weighted by Gasteiger charge is -2.38. The fourth-order valence-electron chi connectivity index (χ4n) is 2.30. The summed E-state index contributed by atoms with van der Waals surface area (Å²) >= 11 is 0. The van der Waals surface area contributed by atoms with Gasteiger partial charge in [-0.05, 0) is 19.8 Å². The Kier molecular flexibility index (Phi) is 4.11.